The van der Waals surface area contributed by atoms with Crippen molar-refractivity contribution in [3.05, 3.63) is 22.2 Å². The van der Waals surface area contributed by atoms with Crippen molar-refractivity contribution in [1.29, 1.82) is 0 Å². The normalized spacial score (nSPS) is 14.6. The number of carbonyl (C=O) groups is 1. The maximum absolute atomic E-state index is 11.6. The third kappa shape index (κ3) is 1.39. The van der Waals surface area contributed by atoms with E-state index in [9.17, 15) is 4.79 Å². The molecule has 14 heavy (non-hydrogen) atoms. The van der Waals surface area contributed by atoms with Gasteiger partial charge in [0, 0.05) is 18.5 Å². The molecular formula is C10H10BrNO2. The number of halogens is 1. The molecule has 1 aromatic rings. The van der Waals surface area contributed by atoms with Gasteiger partial charge in [-0.1, -0.05) is 0 Å². The number of nitrogens with one attached hydrogen (secondary N) is 1. The Kier molecular flexibility index (Phi) is 2.46. The van der Waals surface area contributed by atoms with Crippen LogP contribution in [0.15, 0.2) is 16.6 Å². The first-order valence-electron chi connectivity index (χ1n) is 4.37. The van der Waals surface area contributed by atoms with Crippen molar-refractivity contribution in [3.8, 4) is 5.75 Å². The van der Waals surface area contributed by atoms with Crippen LogP contribution < -0.4 is 10.1 Å². The van der Waals surface area contributed by atoms with Gasteiger partial charge in [0.1, 0.15) is 0 Å². The minimum atomic E-state index is 0.171. The lowest BCUT2D eigenvalue weighted by Gasteiger charge is -2.20. The van der Waals surface area contributed by atoms with Crippen molar-refractivity contribution in [3.63, 3.8) is 0 Å². The third-order valence-electron chi connectivity index (χ3n) is 2.27. The summed E-state index contributed by atoms with van der Waals surface area (Å²) < 4.78 is 6.09. The zero-order chi connectivity index (χ0) is 10.1. The summed E-state index contributed by atoms with van der Waals surface area (Å²) in [6.45, 7) is 0.679. The van der Waals surface area contributed by atoms with E-state index >= 15 is 0 Å². The Bertz CT molecular complexity index is 390. The summed E-state index contributed by atoms with van der Waals surface area (Å²) in [4.78, 5) is 11.6. The molecule has 0 saturated heterocycles. The number of benzene rings is 1. The van der Waals surface area contributed by atoms with Gasteiger partial charge in [0.25, 0.3) is 0 Å². The first-order valence-corrected chi connectivity index (χ1v) is 5.17. The fourth-order valence-corrected chi connectivity index (χ4v) is 2.09. The number of rotatable bonds is 1. The van der Waals surface area contributed by atoms with Crippen LogP contribution in [0.3, 0.4) is 0 Å². The first kappa shape index (κ1) is 9.52. The highest BCUT2D eigenvalue weighted by Crippen LogP contribution is 2.38. The fraction of sp³-hybridized carbons (Fsp3) is 0.300. The molecule has 1 aliphatic heterocycles. The standard InChI is InChI=1S/C10H10BrNO2/c1-14-10-7(11)3-2-6-8(13)4-5-12-9(6)10/h2-3,12H,4-5H2,1H3. The van der Waals surface area contributed by atoms with Crippen LogP contribution in [0.5, 0.6) is 5.75 Å². The molecule has 4 heteroatoms. The Balaban J connectivity index is 2.61. The molecule has 2 rings (SSSR count). The molecule has 0 fully saturated rings. The molecule has 0 amide bonds. The molecule has 0 spiro atoms. The van der Waals surface area contributed by atoms with Gasteiger partial charge in [0.05, 0.1) is 17.3 Å². The quantitative estimate of drug-likeness (QED) is 0.838. The highest BCUT2D eigenvalue weighted by atomic mass is 79.9. The number of ether oxygens (including phenoxy) is 1. The fourth-order valence-electron chi connectivity index (χ4n) is 1.60. The summed E-state index contributed by atoms with van der Waals surface area (Å²) >= 11 is 3.38. The Hall–Kier alpha value is -1.03. The maximum Gasteiger partial charge on any atom is 0.166 e. The Morgan fingerprint density at radius 1 is 1.50 bits per heavy atom. The predicted molar refractivity (Wildman–Crippen MR) is 58.1 cm³/mol. The Morgan fingerprint density at radius 3 is 3.00 bits per heavy atom. The van der Waals surface area contributed by atoms with E-state index in [4.69, 9.17) is 4.74 Å². The van der Waals surface area contributed by atoms with E-state index in [2.05, 4.69) is 21.2 Å². The van der Waals surface area contributed by atoms with Gasteiger partial charge in [-0.15, -0.1) is 0 Å². The molecule has 1 aliphatic rings. The summed E-state index contributed by atoms with van der Waals surface area (Å²) in [6, 6.07) is 3.65. The van der Waals surface area contributed by atoms with Gasteiger partial charge in [-0.3, -0.25) is 4.79 Å². The number of fused-ring (bicyclic) bond motifs is 1. The maximum atomic E-state index is 11.6. The van der Waals surface area contributed by atoms with Crippen LogP contribution in [-0.2, 0) is 0 Å². The molecule has 3 nitrogen and oxygen atoms in total. The molecule has 0 radical (unpaired) electrons. The summed E-state index contributed by atoms with van der Waals surface area (Å²) in [7, 11) is 1.60. The van der Waals surface area contributed by atoms with Crippen molar-refractivity contribution >= 4 is 27.4 Å². The summed E-state index contributed by atoms with van der Waals surface area (Å²) in [5.41, 5.74) is 1.52. The number of ketones is 1. The van der Waals surface area contributed by atoms with E-state index in [0.29, 0.717) is 18.7 Å². The summed E-state index contributed by atoms with van der Waals surface area (Å²) in [5, 5.41) is 3.18. The third-order valence-corrected chi connectivity index (χ3v) is 2.89. The van der Waals surface area contributed by atoms with Crippen LogP contribution in [0.2, 0.25) is 0 Å². The van der Waals surface area contributed by atoms with Gasteiger partial charge in [-0.05, 0) is 28.1 Å². The number of carbonyl (C=O) groups excluding carboxylic acids is 1. The van der Waals surface area contributed by atoms with Gasteiger partial charge in [-0.25, -0.2) is 0 Å². The van der Waals surface area contributed by atoms with E-state index in [1.807, 2.05) is 12.1 Å². The molecule has 0 atom stereocenters. The van der Waals surface area contributed by atoms with Gasteiger partial charge in [0.2, 0.25) is 0 Å². The molecule has 1 N–H and O–H groups in total. The van der Waals surface area contributed by atoms with E-state index < -0.39 is 0 Å². The lowest BCUT2D eigenvalue weighted by atomic mass is 10.0. The second-order valence-corrected chi connectivity index (χ2v) is 3.96. The highest BCUT2D eigenvalue weighted by molar-refractivity contribution is 9.10. The van der Waals surface area contributed by atoms with E-state index in [1.54, 1.807) is 7.11 Å². The largest absolute Gasteiger partial charge is 0.493 e. The number of anilines is 1. The Morgan fingerprint density at radius 2 is 2.29 bits per heavy atom. The van der Waals surface area contributed by atoms with E-state index in [1.165, 1.54) is 0 Å². The predicted octanol–water partition coefficient (Wildman–Crippen LogP) is 2.46. The summed E-state index contributed by atoms with van der Waals surface area (Å²) in [6.07, 6.45) is 0.553. The molecular weight excluding hydrogens is 246 g/mol. The van der Waals surface area contributed by atoms with Crippen LogP contribution in [0.1, 0.15) is 16.8 Å². The van der Waals surface area contributed by atoms with Crippen LogP contribution in [0.4, 0.5) is 5.69 Å². The van der Waals surface area contributed by atoms with Gasteiger partial charge in [0.15, 0.2) is 11.5 Å². The second-order valence-electron chi connectivity index (χ2n) is 3.10. The number of hydrogen-bond acceptors (Lipinski definition) is 3. The molecule has 0 unspecified atom stereocenters. The van der Waals surface area contributed by atoms with Gasteiger partial charge < -0.3 is 10.1 Å². The van der Waals surface area contributed by atoms with Crippen molar-refractivity contribution in [2.75, 3.05) is 19.0 Å². The lowest BCUT2D eigenvalue weighted by molar-refractivity contribution is 0.0983. The topological polar surface area (TPSA) is 38.3 Å². The molecule has 0 aromatic heterocycles. The monoisotopic (exact) mass is 255 g/mol. The number of methoxy groups -OCH3 is 1. The Labute approximate surface area is 90.6 Å². The van der Waals surface area contributed by atoms with Crippen molar-refractivity contribution in [2.45, 2.75) is 6.42 Å². The second kappa shape index (κ2) is 3.61. The zero-order valence-corrected chi connectivity index (χ0v) is 9.35. The average molecular weight is 256 g/mol. The van der Waals surface area contributed by atoms with Crippen LogP contribution in [0, 0.1) is 0 Å². The average Bonchev–Trinajstić information content (AvgIpc) is 2.18. The minimum Gasteiger partial charge on any atom is -0.493 e. The van der Waals surface area contributed by atoms with Crippen LogP contribution in [-0.4, -0.2) is 19.4 Å². The van der Waals surface area contributed by atoms with Crippen LogP contribution >= 0.6 is 15.9 Å². The number of hydrogen-bond donors (Lipinski definition) is 1. The molecule has 0 bridgehead atoms. The molecule has 0 aliphatic carbocycles. The SMILES string of the molecule is COc1c(Br)ccc2c1NCCC2=O. The molecule has 74 valence electrons. The lowest BCUT2D eigenvalue weighted by Crippen LogP contribution is -2.18. The highest BCUT2D eigenvalue weighted by Gasteiger charge is 2.21. The molecule has 0 saturated carbocycles. The van der Waals surface area contributed by atoms with Gasteiger partial charge in [-0.2, -0.15) is 0 Å². The van der Waals surface area contributed by atoms with Crippen molar-refractivity contribution in [1.82, 2.24) is 0 Å². The van der Waals surface area contributed by atoms with Gasteiger partial charge >= 0.3 is 0 Å². The smallest absolute Gasteiger partial charge is 0.166 e. The van der Waals surface area contributed by atoms with E-state index in [-0.39, 0.29) is 5.78 Å². The van der Waals surface area contributed by atoms with Crippen LogP contribution in [0.25, 0.3) is 0 Å². The first-order chi connectivity index (χ1) is 6.74. The van der Waals surface area contributed by atoms with E-state index in [0.717, 1.165) is 15.7 Å². The van der Waals surface area contributed by atoms with Crippen molar-refractivity contribution in [2.24, 2.45) is 0 Å². The molecule has 1 aromatic carbocycles. The van der Waals surface area contributed by atoms with Crippen molar-refractivity contribution < 1.29 is 9.53 Å². The zero-order valence-electron chi connectivity index (χ0n) is 7.76. The number of Topliss-reactive ketones (excluding diaryl/α,β-unsaturated/α-hetero) is 1. The molecule has 1 heterocycles. The summed E-state index contributed by atoms with van der Waals surface area (Å²) in [5.74, 6) is 0.875. The minimum absolute atomic E-state index is 0.171.